The van der Waals surface area contributed by atoms with Gasteiger partial charge in [0.25, 0.3) is 10.0 Å². The van der Waals surface area contributed by atoms with Gasteiger partial charge < -0.3 is 0 Å². The topological polar surface area (TPSA) is 66.8 Å². The van der Waals surface area contributed by atoms with Gasteiger partial charge in [0.15, 0.2) is 0 Å². The van der Waals surface area contributed by atoms with E-state index in [2.05, 4.69) is 5.29 Å². The Kier molecular flexibility index (Phi) is 4.47. The van der Waals surface area contributed by atoms with Crippen LogP contribution in [-0.2, 0) is 22.3 Å². The summed E-state index contributed by atoms with van der Waals surface area (Å²) in [7, 11) is -3.77. The van der Waals surface area contributed by atoms with Crippen LogP contribution in [0.15, 0.2) is 65.9 Å². The Bertz CT molecular complexity index is 657. The van der Waals surface area contributed by atoms with Gasteiger partial charge in [-0.05, 0) is 11.1 Å². The van der Waals surface area contributed by atoms with E-state index < -0.39 is 10.0 Å². The summed E-state index contributed by atoms with van der Waals surface area (Å²) in [5.74, 6) is -0.244. The lowest BCUT2D eigenvalue weighted by molar-refractivity contribution is 0.421. The lowest BCUT2D eigenvalue weighted by Crippen LogP contribution is -2.26. The van der Waals surface area contributed by atoms with E-state index in [9.17, 15) is 13.3 Å². The molecular weight excluding hydrogens is 276 g/mol. The predicted molar refractivity (Wildman–Crippen MR) is 76.8 cm³/mol. The number of nitroso groups, excluding NO2 is 1. The first-order valence-corrected chi connectivity index (χ1v) is 7.64. The van der Waals surface area contributed by atoms with Crippen molar-refractivity contribution in [1.82, 2.24) is 4.41 Å². The molecule has 0 atom stereocenters. The van der Waals surface area contributed by atoms with Crippen LogP contribution in [0.25, 0.3) is 0 Å². The van der Waals surface area contributed by atoms with Crippen molar-refractivity contribution >= 4 is 10.0 Å². The molecule has 0 saturated heterocycles. The van der Waals surface area contributed by atoms with Gasteiger partial charge in [-0.15, -0.1) is 9.32 Å². The zero-order valence-corrected chi connectivity index (χ0v) is 11.5. The number of hydrogen-bond donors (Lipinski definition) is 0. The van der Waals surface area contributed by atoms with E-state index in [1.54, 1.807) is 54.6 Å². The van der Waals surface area contributed by atoms with Crippen molar-refractivity contribution in [3.8, 4) is 0 Å². The Morgan fingerprint density at radius 2 is 1.35 bits per heavy atom. The maximum absolute atomic E-state index is 12.2. The SMILES string of the molecule is O=NN(Cc1ccccc1)S(=O)(=O)Cc1ccccc1. The summed E-state index contributed by atoms with van der Waals surface area (Å²) in [6.45, 7) is -0.0560. The van der Waals surface area contributed by atoms with Crippen molar-refractivity contribution in [2.24, 2.45) is 5.29 Å². The van der Waals surface area contributed by atoms with Crippen molar-refractivity contribution in [2.75, 3.05) is 0 Å². The third-order valence-corrected chi connectivity index (χ3v) is 4.30. The Balaban J connectivity index is 2.16. The second-order valence-electron chi connectivity index (χ2n) is 4.29. The summed E-state index contributed by atoms with van der Waals surface area (Å²) >= 11 is 0. The average molecular weight is 290 g/mol. The Labute approximate surface area is 117 Å². The zero-order valence-electron chi connectivity index (χ0n) is 10.7. The first-order chi connectivity index (χ1) is 9.62. The molecule has 6 heteroatoms. The number of nitrogens with zero attached hydrogens (tertiary/aromatic N) is 2. The van der Waals surface area contributed by atoms with Gasteiger partial charge >= 0.3 is 0 Å². The first kappa shape index (κ1) is 14.2. The minimum absolute atomic E-state index is 0.0560. The molecule has 0 heterocycles. The van der Waals surface area contributed by atoms with Crippen LogP contribution >= 0.6 is 0 Å². The van der Waals surface area contributed by atoms with Gasteiger partial charge in [-0.1, -0.05) is 60.7 Å². The number of sulfonamides is 1. The molecule has 0 amide bonds. The normalized spacial score (nSPS) is 11.0. The molecule has 2 rings (SSSR count). The van der Waals surface area contributed by atoms with E-state index in [0.29, 0.717) is 15.5 Å². The molecule has 0 saturated carbocycles. The van der Waals surface area contributed by atoms with E-state index in [-0.39, 0.29) is 12.3 Å². The van der Waals surface area contributed by atoms with E-state index in [1.165, 1.54) is 0 Å². The first-order valence-electron chi connectivity index (χ1n) is 6.03. The zero-order chi connectivity index (χ0) is 14.4. The summed E-state index contributed by atoms with van der Waals surface area (Å²) in [5.41, 5.74) is 1.33. The van der Waals surface area contributed by atoms with Crippen LogP contribution < -0.4 is 0 Å². The van der Waals surface area contributed by atoms with Gasteiger partial charge in [0.05, 0.1) is 17.6 Å². The molecular formula is C14H14N2O3S. The monoisotopic (exact) mass is 290 g/mol. The fourth-order valence-corrected chi connectivity index (χ4v) is 2.99. The van der Waals surface area contributed by atoms with Gasteiger partial charge in [0.1, 0.15) is 0 Å². The van der Waals surface area contributed by atoms with Gasteiger partial charge in [-0.3, -0.25) is 0 Å². The van der Waals surface area contributed by atoms with Gasteiger partial charge in [0, 0.05) is 0 Å². The fraction of sp³-hybridized carbons (Fsp3) is 0.143. The molecule has 0 spiro atoms. The summed E-state index contributed by atoms with van der Waals surface area (Å²) in [4.78, 5) is 10.8. The molecule has 20 heavy (non-hydrogen) atoms. The van der Waals surface area contributed by atoms with Crippen LogP contribution in [0, 0.1) is 4.91 Å². The smallest absolute Gasteiger partial charge is 0.205 e. The Morgan fingerprint density at radius 1 is 0.850 bits per heavy atom. The molecule has 0 fully saturated rings. The van der Waals surface area contributed by atoms with Crippen LogP contribution in [0.3, 0.4) is 0 Å². The molecule has 2 aromatic rings. The summed E-state index contributed by atoms with van der Waals surface area (Å²) in [6.07, 6.45) is 0. The van der Waals surface area contributed by atoms with Gasteiger partial charge in [0.2, 0.25) is 0 Å². The van der Waals surface area contributed by atoms with E-state index in [4.69, 9.17) is 0 Å². The van der Waals surface area contributed by atoms with Crippen molar-refractivity contribution in [3.63, 3.8) is 0 Å². The molecule has 0 N–H and O–H groups in total. The third kappa shape index (κ3) is 3.64. The van der Waals surface area contributed by atoms with Crippen molar-refractivity contribution < 1.29 is 8.42 Å². The summed E-state index contributed by atoms with van der Waals surface area (Å²) in [6, 6.07) is 17.6. The number of hydrogen-bond acceptors (Lipinski definition) is 4. The van der Waals surface area contributed by atoms with E-state index in [0.717, 1.165) is 0 Å². The standard InChI is InChI=1S/C14H14N2O3S/c17-15-16(11-13-7-3-1-4-8-13)20(18,19)12-14-9-5-2-6-10-14/h1-10H,11-12H2. The lowest BCUT2D eigenvalue weighted by Gasteiger charge is -2.15. The number of benzene rings is 2. The summed E-state index contributed by atoms with van der Waals surface area (Å²) in [5, 5.41) is 2.65. The fourth-order valence-electron chi connectivity index (χ4n) is 1.78. The largest absolute Gasteiger partial charge is 0.256 e. The Morgan fingerprint density at radius 3 is 1.85 bits per heavy atom. The second kappa shape index (κ2) is 6.29. The van der Waals surface area contributed by atoms with Gasteiger partial charge in [-0.2, -0.15) is 0 Å². The maximum atomic E-state index is 12.2. The predicted octanol–water partition coefficient (Wildman–Crippen LogP) is 2.70. The van der Waals surface area contributed by atoms with Crippen LogP contribution in [-0.4, -0.2) is 12.8 Å². The molecule has 0 aliphatic rings. The third-order valence-electron chi connectivity index (χ3n) is 2.76. The molecule has 0 bridgehead atoms. The average Bonchev–Trinajstić information content (AvgIpc) is 2.46. The maximum Gasteiger partial charge on any atom is 0.256 e. The molecule has 0 aromatic heterocycles. The highest BCUT2D eigenvalue weighted by Gasteiger charge is 2.22. The molecule has 0 unspecified atom stereocenters. The lowest BCUT2D eigenvalue weighted by atomic mass is 10.2. The van der Waals surface area contributed by atoms with Crippen LogP contribution in [0.2, 0.25) is 0 Å². The van der Waals surface area contributed by atoms with Crippen molar-refractivity contribution in [3.05, 3.63) is 76.7 Å². The Hall–Kier alpha value is -2.21. The van der Waals surface area contributed by atoms with Crippen LogP contribution in [0.4, 0.5) is 0 Å². The van der Waals surface area contributed by atoms with Crippen molar-refractivity contribution in [2.45, 2.75) is 12.3 Å². The highest BCUT2D eigenvalue weighted by atomic mass is 32.2. The molecule has 0 aliphatic carbocycles. The molecule has 0 radical (unpaired) electrons. The molecule has 5 nitrogen and oxygen atoms in total. The second-order valence-corrected chi connectivity index (χ2v) is 6.16. The van der Waals surface area contributed by atoms with Gasteiger partial charge in [-0.25, -0.2) is 8.42 Å². The highest BCUT2D eigenvalue weighted by molar-refractivity contribution is 7.88. The van der Waals surface area contributed by atoms with Crippen molar-refractivity contribution in [1.29, 1.82) is 0 Å². The van der Waals surface area contributed by atoms with E-state index in [1.807, 2.05) is 6.07 Å². The van der Waals surface area contributed by atoms with Crippen LogP contribution in [0.5, 0.6) is 0 Å². The molecule has 0 aliphatic heterocycles. The quantitative estimate of drug-likeness (QED) is 0.607. The van der Waals surface area contributed by atoms with Crippen LogP contribution in [0.1, 0.15) is 11.1 Å². The molecule has 2 aromatic carbocycles. The highest BCUT2D eigenvalue weighted by Crippen LogP contribution is 2.14. The minimum Gasteiger partial charge on any atom is -0.205 e. The molecule has 104 valence electrons. The minimum atomic E-state index is -3.77. The summed E-state index contributed by atoms with van der Waals surface area (Å²) < 4.78 is 24.9. The van der Waals surface area contributed by atoms with E-state index >= 15 is 0 Å². The number of rotatable bonds is 6.